The summed E-state index contributed by atoms with van der Waals surface area (Å²) in [6.07, 6.45) is 2.30. The van der Waals surface area contributed by atoms with Crippen LogP contribution in [-0.4, -0.2) is 48.7 Å². The Kier molecular flexibility index (Phi) is 4.61. The molecular formula is C20H25NO5. The average molecular weight is 359 g/mol. The topological polar surface area (TPSA) is 65.1 Å². The highest BCUT2D eigenvalue weighted by Gasteiger charge is 2.62. The summed E-state index contributed by atoms with van der Waals surface area (Å²) >= 11 is 0. The summed E-state index contributed by atoms with van der Waals surface area (Å²) < 4.78 is 17.0. The van der Waals surface area contributed by atoms with E-state index < -0.39 is 0 Å². The molecule has 140 valence electrons. The van der Waals surface area contributed by atoms with Gasteiger partial charge in [0.15, 0.2) is 11.5 Å². The maximum atomic E-state index is 12.7. The van der Waals surface area contributed by atoms with E-state index in [1.807, 2.05) is 32.0 Å². The van der Waals surface area contributed by atoms with Crippen molar-refractivity contribution in [1.82, 2.24) is 4.90 Å². The minimum atomic E-state index is -0.249. The standard InChI is InChI=1S/C20H25NO5/c1-3-24-13-6-5-12(11-16(13)25-4-2)9-10-21-19(22)17-14-7-8-15(26-14)18(17)20(21)23/h5-6,11,14-15,17-18H,3-4,7-10H2,1-2H3/t14-,15-,17-,18-/m1/s1. The Bertz CT molecular complexity index is 690. The molecule has 26 heavy (non-hydrogen) atoms. The van der Waals surface area contributed by atoms with Crippen LogP contribution in [0.1, 0.15) is 32.3 Å². The lowest BCUT2D eigenvalue weighted by atomic mass is 9.81. The quantitative estimate of drug-likeness (QED) is 0.698. The van der Waals surface area contributed by atoms with Gasteiger partial charge in [0.2, 0.25) is 11.8 Å². The smallest absolute Gasteiger partial charge is 0.235 e. The van der Waals surface area contributed by atoms with Gasteiger partial charge >= 0.3 is 0 Å². The van der Waals surface area contributed by atoms with Gasteiger partial charge in [-0.05, 0) is 50.8 Å². The predicted octanol–water partition coefficient (Wildman–Crippen LogP) is 2.19. The van der Waals surface area contributed by atoms with Crippen LogP contribution in [0, 0.1) is 11.8 Å². The van der Waals surface area contributed by atoms with Crippen LogP contribution < -0.4 is 9.47 Å². The summed E-state index contributed by atoms with van der Waals surface area (Å²) in [4.78, 5) is 26.8. The van der Waals surface area contributed by atoms with Crippen molar-refractivity contribution in [3.8, 4) is 11.5 Å². The monoisotopic (exact) mass is 359 g/mol. The van der Waals surface area contributed by atoms with Crippen molar-refractivity contribution < 1.29 is 23.8 Å². The van der Waals surface area contributed by atoms with E-state index >= 15 is 0 Å². The second-order valence-corrected chi connectivity index (χ2v) is 7.07. The Labute approximate surface area is 153 Å². The molecule has 2 amide bonds. The number of hydrogen-bond donors (Lipinski definition) is 0. The number of carbonyl (C=O) groups excluding carboxylic acids is 2. The molecule has 0 radical (unpaired) electrons. The second kappa shape index (κ2) is 6.91. The molecule has 6 nitrogen and oxygen atoms in total. The molecule has 3 fully saturated rings. The number of amides is 2. The van der Waals surface area contributed by atoms with Crippen molar-refractivity contribution in [3.05, 3.63) is 23.8 Å². The molecule has 1 aromatic carbocycles. The number of benzene rings is 1. The van der Waals surface area contributed by atoms with Crippen molar-refractivity contribution in [3.63, 3.8) is 0 Å². The number of nitrogens with zero attached hydrogens (tertiary/aromatic N) is 1. The van der Waals surface area contributed by atoms with E-state index in [-0.39, 0.29) is 35.9 Å². The van der Waals surface area contributed by atoms with Crippen LogP contribution in [0.25, 0.3) is 0 Å². The SMILES string of the molecule is CCOc1ccc(CCN2C(=O)[C@H]3[C@H](C2=O)[C@H]2CC[C@H]3O2)cc1OCC. The van der Waals surface area contributed by atoms with E-state index in [1.54, 1.807) is 0 Å². The van der Waals surface area contributed by atoms with E-state index in [4.69, 9.17) is 14.2 Å². The van der Waals surface area contributed by atoms with E-state index in [0.717, 1.165) is 24.2 Å². The molecule has 0 unspecified atom stereocenters. The summed E-state index contributed by atoms with van der Waals surface area (Å²) in [5.74, 6) is 0.816. The Morgan fingerprint density at radius 3 is 2.23 bits per heavy atom. The fraction of sp³-hybridized carbons (Fsp3) is 0.600. The number of likely N-dealkylation sites (tertiary alicyclic amines) is 1. The molecule has 6 heteroatoms. The Balaban J connectivity index is 1.45. The molecule has 1 aromatic rings. The third kappa shape index (κ3) is 2.76. The van der Waals surface area contributed by atoms with Crippen molar-refractivity contribution >= 4 is 11.8 Å². The first-order chi connectivity index (χ1) is 12.6. The predicted molar refractivity (Wildman–Crippen MR) is 94.1 cm³/mol. The molecule has 3 aliphatic rings. The minimum Gasteiger partial charge on any atom is -0.490 e. The fourth-order valence-corrected chi connectivity index (χ4v) is 4.49. The van der Waals surface area contributed by atoms with Crippen LogP contribution in [-0.2, 0) is 20.7 Å². The summed E-state index contributed by atoms with van der Waals surface area (Å²) in [5.41, 5.74) is 1.02. The van der Waals surface area contributed by atoms with Gasteiger partial charge in [-0.3, -0.25) is 14.5 Å². The highest BCUT2D eigenvalue weighted by atomic mass is 16.5. The molecule has 3 saturated heterocycles. The first-order valence-electron chi connectivity index (χ1n) is 9.53. The Morgan fingerprint density at radius 2 is 1.62 bits per heavy atom. The van der Waals surface area contributed by atoms with Gasteiger partial charge in [-0.2, -0.15) is 0 Å². The molecule has 4 rings (SSSR count). The van der Waals surface area contributed by atoms with Crippen molar-refractivity contribution in [2.24, 2.45) is 11.8 Å². The lowest BCUT2D eigenvalue weighted by molar-refractivity contribution is -0.142. The highest BCUT2D eigenvalue weighted by molar-refractivity contribution is 6.06. The van der Waals surface area contributed by atoms with Crippen LogP contribution in [0.3, 0.4) is 0 Å². The Morgan fingerprint density at radius 1 is 1.00 bits per heavy atom. The van der Waals surface area contributed by atoms with Gasteiger partial charge in [0.05, 0.1) is 37.3 Å². The lowest BCUT2D eigenvalue weighted by Crippen LogP contribution is -2.35. The molecule has 3 heterocycles. The normalized spacial score (nSPS) is 29.4. The molecule has 3 aliphatic heterocycles. The third-order valence-corrected chi connectivity index (χ3v) is 5.61. The van der Waals surface area contributed by atoms with Gasteiger partial charge in [-0.25, -0.2) is 0 Å². The van der Waals surface area contributed by atoms with E-state index in [0.29, 0.717) is 31.9 Å². The molecule has 0 aromatic heterocycles. The molecule has 0 saturated carbocycles. The van der Waals surface area contributed by atoms with E-state index in [9.17, 15) is 9.59 Å². The molecule has 2 bridgehead atoms. The molecule has 0 aliphatic carbocycles. The van der Waals surface area contributed by atoms with Crippen molar-refractivity contribution in [1.29, 1.82) is 0 Å². The first-order valence-corrected chi connectivity index (χ1v) is 9.53. The molecule has 0 N–H and O–H groups in total. The number of carbonyl (C=O) groups is 2. The number of hydrogen-bond acceptors (Lipinski definition) is 5. The van der Waals surface area contributed by atoms with Crippen LogP contribution in [0.2, 0.25) is 0 Å². The van der Waals surface area contributed by atoms with Gasteiger partial charge in [-0.15, -0.1) is 0 Å². The second-order valence-electron chi connectivity index (χ2n) is 7.07. The minimum absolute atomic E-state index is 0.0526. The summed E-state index contributed by atoms with van der Waals surface area (Å²) in [5, 5.41) is 0. The fourth-order valence-electron chi connectivity index (χ4n) is 4.49. The van der Waals surface area contributed by atoms with Crippen LogP contribution in [0.5, 0.6) is 11.5 Å². The van der Waals surface area contributed by atoms with Crippen LogP contribution in [0.15, 0.2) is 18.2 Å². The summed E-state index contributed by atoms with van der Waals surface area (Å²) in [7, 11) is 0. The van der Waals surface area contributed by atoms with Crippen LogP contribution >= 0.6 is 0 Å². The van der Waals surface area contributed by atoms with E-state index in [2.05, 4.69) is 0 Å². The third-order valence-electron chi connectivity index (χ3n) is 5.61. The highest BCUT2D eigenvalue weighted by Crippen LogP contribution is 2.48. The zero-order valence-corrected chi connectivity index (χ0v) is 15.3. The van der Waals surface area contributed by atoms with Gasteiger partial charge in [-0.1, -0.05) is 6.07 Å². The molecular weight excluding hydrogens is 334 g/mol. The average Bonchev–Trinajstić information content (AvgIpc) is 3.30. The lowest BCUT2D eigenvalue weighted by Gasteiger charge is -2.18. The van der Waals surface area contributed by atoms with Gasteiger partial charge in [0.1, 0.15) is 0 Å². The molecule has 0 spiro atoms. The van der Waals surface area contributed by atoms with Crippen LogP contribution in [0.4, 0.5) is 0 Å². The number of rotatable bonds is 7. The first kappa shape index (κ1) is 17.3. The number of fused-ring (bicyclic) bond motifs is 5. The van der Waals surface area contributed by atoms with Gasteiger partial charge < -0.3 is 14.2 Å². The number of ether oxygens (including phenoxy) is 3. The maximum absolute atomic E-state index is 12.7. The largest absolute Gasteiger partial charge is 0.490 e. The van der Waals surface area contributed by atoms with Crippen molar-refractivity contribution in [2.75, 3.05) is 19.8 Å². The van der Waals surface area contributed by atoms with Crippen molar-refractivity contribution in [2.45, 2.75) is 45.3 Å². The summed E-state index contributed by atoms with van der Waals surface area (Å²) in [6.45, 7) is 5.40. The zero-order valence-electron chi connectivity index (χ0n) is 15.3. The molecule has 4 atom stereocenters. The summed E-state index contributed by atoms with van der Waals surface area (Å²) in [6, 6.07) is 5.79. The number of imide groups is 1. The zero-order chi connectivity index (χ0) is 18.3. The Hall–Kier alpha value is -2.08. The van der Waals surface area contributed by atoms with Gasteiger partial charge in [0.25, 0.3) is 0 Å². The maximum Gasteiger partial charge on any atom is 0.235 e. The van der Waals surface area contributed by atoms with E-state index in [1.165, 1.54) is 4.90 Å². The van der Waals surface area contributed by atoms with Gasteiger partial charge in [0, 0.05) is 6.54 Å².